The quantitative estimate of drug-likeness (QED) is 0.432. The van der Waals surface area contributed by atoms with Gasteiger partial charge in [-0.3, -0.25) is 9.78 Å². The van der Waals surface area contributed by atoms with Gasteiger partial charge in [-0.05, 0) is 4.92 Å². The number of rotatable bonds is 1. The third-order valence-electron chi connectivity index (χ3n) is 1.33. The zero-order valence-electron chi connectivity index (χ0n) is 6.10. The van der Waals surface area contributed by atoms with E-state index in [1.807, 2.05) is 4.98 Å². The summed E-state index contributed by atoms with van der Waals surface area (Å²) in [6.45, 7) is 0. The molecule has 0 aromatic carbocycles. The van der Waals surface area contributed by atoms with Crippen LogP contribution in [0.4, 0.5) is 5.82 Å². The highest BCUT2D eigenvalue weighted by molar-refractivity contribution is 5.15. The van der Waals surface area contributed by atoms with E-state index in [-0.39, 0.29) is 0 Å². The highest BCUT2D eigenvalue weighted by Gasteiger charge is 2.11. The summed E-state index contributed by atoms with van der Waals surface area (Å²) >= 11 is 0. The molecule has 0 radical (unpaired) electrons. The number of nitrogens with zero attached hydrogens (tertiary/aromatic N) is 2. The van der Waals surface area contributed by atoms with Crippen molar-refractivity contribution in [2.75, 3.05) is 0 Å². The molecule has 0 aliphatic carbocycles. The van der Waals surface area contributed by atoms with Crippen LogP contribution in [0.1, 0.15) is 0 Å². The smallest absolute Gasteiger partial charge is 0.358 e. The predicted octanol–water partition coefficient (Wildman–Crippen LogP) is -1.02. The van der Waals surface area contributed by atoms with E-state index in [1.54, 1.807) is 0 Å². The van der Waals surface area contributed by atoms with Crippen LogP contribution >= 0.6 is 0 Å². The van der Waals surface area contributed by atoms with Crippen molar-refractivity contribution in [3.05, 3.63) is 37.0 Å². The second-order valence-corrected chi connectivity index (χ2v) is 2.11. The van der Waals surface area contributed by atoms with Gasteiger partial charge in [-0.1, -0.05) is 0 Å². The van der Waals surface area contributed by atoms with Crippen molar-refractivity contribution in [3.63, 3.8) is 0 Å². The molecule has 1 N–H and O–H groups in total. The fourth-order valence-corrected chi connectivity index (χ4v) is 0.719. The first-order chi connectivity index (χ1) is 5.52. The first-order valence-electron chi connectivity index (χ1n) is 2.97. The van der Waals surface area contributed by atoms with Crippen molar-refractivity contribution < 1.29 is 4.92 Å². The Labute approximate surface area is 65.4 Å². The molecule has 64 valence electrons. The summed E-state index contributed by atoms with van der Waals surface area (Å²) in [4.78, 5) is 32.7. The maximum atomic E-state index is 10.8. The van der Waals surface area contributed by atoms with E-state index < -0.39 is 22.0 Å². The molecule has 0 aliphatic rings. The standard InChI is InChI=1S/C5H5N3O4/c1-7-4(8(11)12)2-3(9)6-5(7)10/h2H,1H3,(H,6,9,10). The molecular weight excluding hydrogens is 166 g/mol. The van der Waals surface area contributed by atoms with E-state index in [9.17, 15) is 19.7 Å². The summed E-state index contributed by atoms with van der Waals surface area (Å²) in [6.07, 6.45) is 0. The summed E-state index contributed by atoms with van der Waals surface area (Å²) in [5.41, 5.74) is -1.57. The van der Waals surface area contributed by atoms with E-state index in [0.29, 0.717) is 0 Å². The molecule has 1 rings (SSSR count). The number of aromatic amines is 1. The molecule has 0 bridgehead atoms. The van der Waals surface area contributed by atoms with Crippen LogP contribution in [0.25, 0.3) is 0 Å². The Kier molecular flexibility index (Phi) is 1.78. The van der Waals surface area contributed by atoms with E-state index >= 15 is 0 Å². The van der Waals surface area contributed by atoms with Crippen molar-refractivity contribution in [1.29, 1.82) is 0 Å². The van der Waals surface area contributed by atoms with Crippen LogP contribution in [-0.4, -0.2) is 14.5 Å². The number of nitrogens with one attached hydrogen (secondary N) is 1. The van der Waals surface area contributed by atoms with Crippen LogP contribution in [0, 0.1) is 10.1 Å². The number of aromatic nitrogens is 2. The van der Waals surface area contributed by atoms with Crippen LogP contribution in [0.5, 0.6) is 0 Å². The van der Waals surface area contributed by atoms with Crippen molar-refractivity contribution in [3.8, 4) is 0 Å². The highest BCUT2D eigenvalue weighted by atomic mass is 16.6. The molecule has 7 nitrogen and oxygen atoms in total. The van der Waals surface area contributed by atoms with Gasteiger partial charge < -0.3 is 10.1 Å². The third-order valence-corrected chi connectivity index (χ3v) is 1.33. The molecule has 1 aromatic heterocycles. The Morgan fingerprint density at radius 2 is 2.17 bits per heavy atom. The van der Waals surface area contributed by atoms with E-state index in [1.165, 1.54) is 7.05 Å². The van der Waals surface area contributed by atoms with Crippen LogP contribution in [-0.2, 0) is 7.05 Å². The van der Waals surface area contributed by atoms with Gasteiger partial charge in [0.15, 0.2) is 0 Å². The molecule has 0 saturated carbocycles. The molecule has 0 saturated heterocycles. The SMILES string of the molecule is Cn1c([N+](=O)[O-])cc(=O)[nH]c1=O. The average molecular weight is 171 g/mol. The third kappa shape index (κ3) is 1.24. The Morgan fingerprint density at radius 1 is 1.58 bits per heavy atom. The van der Waals surface area contributed by atoms with Crippen molar-refractivity contribution >= 4 is 5.82 Å². The first kappa shape index (κ1) is 8.18. The Hall–Kier alpha value is -1.92. The summed E-state index contributed by atoms with van der Waals surface area (Å²) in [7, 11) is 1.20. The molecule has 7 heteroatoms. The maximum Gasteiger partial charge on any atom is 0.415 e. The second kappa shape index (κ2) is 2.61. The van der Waals surface area contributed by atoms with E-state index in [2.05, 4.69) is 0 Å². The van der Waals surface area contributed by atoms with Crippen LogP contribution in [0.15, 0.2) is 15.7 Å². The second-order valence-electron chi connectivity index (χ2n) is 2.11. The Bertz CT molecular complexity index is 429. The van der Waals surface area contributed by atoms with Gasteiger partial charge in [0.2, 0.25) is 0 Å². The lowest BCUT2D eigenvalue weighted by molar-refractivity contribution is -0.392. The van der Waals surface area contributed by atoms with Gasteiger partial charge in [-0.25, -0.2) is 4.79 Å². The number of H-pyrrole nitrogens is 1. The largest absolute Gasteiger partial charge is 0.415 e. The van der Waals surface area contributed by atoms with Crippen molar-refractivity contribution in [2.24, 2.45) is 7.05 Å². The van der Waals surface area contributed by atoms with Gasteiger partial charge in [-0.15, -0.1) is 0 Å². The summed E-state index contributed by atoms with van der Waals surface area (Å²) in [5.74, 6) is -0.524. The van der Waals surface area contributed by atoms with Gasteiger partial charge in [-0.2, -0.15) is 4.57 Å². The van der Waals surface area contributed by atoms with Gasteiger partial charge in [0, 0.05) is 0 Å². The minimum Gasteiger partial charge on any atom is -0.358 e. The minimum absolute atomic E-state index is 0.524. The molecule has 12 heavy (non-hydrogen) atoms. The minimum atomic E-state index is -0.797. The molecule has 1 aromatic rings. The average Bonchev–Trinajstić information content (AvgIpc) is 1.96. The maximum absolute atomic E-state index is 10.8. The lowest BCUT2D eigenvalue weighted by atomic mass is 10.6. The molecule has 0 aliphatic heterocycles. The fraction of sp³-hybridized carbons (Fsp3) is 0.200. The van der Waals surface area contributed by atoms with E-state index in [0.717, 1.165) is 10.6 Å². The molecule has 1 heterocycles. The summed E-state index contributed by atoms with van der Waals surface area (Å²) in [5, 5.41) is 10.2. The first-order valence-corrected chi connectivity index (χ1v) is 2.97. The number of hydrogen-bond acceptors (Lipinski definition) is 4. The molecule has 0 amide bonds. The topological polar surface area (TPSA) is 98.0 Å². The zero-order valence-corrected chi connectivity index (χ0v) is 6.10. The monoisotopic (exact) mass is 171 g/mol. The number of hydrogen-bond donors (Lipinski definition) is 1. The lowest BCUT2D eigenvalue weighted by Crippen LogP contribution is -2.28. The van der Waals surface area contributed by atoms with Gasteiger partial charge >= 0.3 is 11.5 Å². The summed E-state index contributed by atoms with van der Waals surface area (Å²) in [6, 6.07) is 0.751. The molecule has 0 atom stereocenters. The van der Waals surface area contributed by atoms with Crippen LogP contribution in [0.3, 0.4) is 0 Å². The van der Waals surface area contributed by atoms with Gasteiger partial charge in [0.25, 0.3) is 5.56 Å². The molecular formula is C5H5N3O4. The fourth-order valence-electron chi connectivity index (χ4n) is 0.719. The normalized spacial score (nSPS) is 9.75. The lowest BCUT2D eigenvalue weighted by Gasteiger charge is -1.96. The summed E-state index contributed by atoms with van der Waals surface area (Å²) < 4.78 is 0.751. The van der Waals surface area contributed by atoms with Crippen LogP contribution < -0.4 is 11.2 Å². The molecule has 0 spiro atoms. The van der Waals surface area contributed by atoms with Gasteiger partial charge in [0.05, 0.1) is 13.1 Å². The van der Waals surface area contributed by atoms with Crippen molar-refractivity contribution in [2.45, 2.75) is 0 Å². The zero-order chi connectivity index (χ0) is 9.30. The molecule has 0 fully saturated rings. The highest BCUT2D eigenvalue weighted by Crippen LogP contribution is 2.00. The Morgan fingerprint density at radius 3 is 2.67 bits per heavy atom. The van der Waals surface area contributed by atoms with Crippen molar-refractivity contribution in [1.82, 2.24) is 9.55 Å². The van der Waals surface area contributed by atoms with Crippen LogP contribution in [0.2, 0.25) is 0 Å². The Balaban J connectivity index is 3.59. The van der Waals surface area contributed by atoms with E-state index in [4.69, 9.17) is 0 Å². The van der Waals surface area contributed by atoms with Gasteiger partial charge in [0.1, 0.15) is 0 Å². The number of nitro groups is 1. The predicted molar refractivity (Wildman–Crippen MR) is 39.0 cm³/mol. The molecule has 0 unspecified atom stereocenters.